The zero-order valence-corrected chi connectivity index (χ0v) is 14.2. The third kappa shape index (κ3) is 3.43. The monoisotopic (exact) mass is 340 g/mol. The third-order valence-electron chi connectivity index (χ3n) is 4.61. The van der Waals surface area contributed by atoms with Crippen LogP contribution >= 0.6 is 11.6 Å². The normalized spacial score (nSPS) is 17.5. The van der Waals surface area contributed by atoms with Crippen molar-refractivity contribution in [1.82, 2.24) is 0 Å². The van der Waals surface area contributed by atoms with Gasteiger partial charge in [0, 0.05) is 17.7 Å². The number of fused-ring (bicyclic) bond motifs is 1. The summed E-state index contributed by atoms with van der Waals surface area (Å²) in [6.45, 7) is 3.75. The summed E-state index contributed by atoms with van der Waals surface area (Å²) in [5.74, 6) is -0.0369. The van der Waals surface area contributed by atoms with Gasteiger partial charge in [-0.25, -0.2) is 0 Å². The van der Waals surface area contributed by atoms with Crippen LogP contribution < -0.4 is 10.2 Å². The average molecular weight is 341 g/mol. The summed E-state index contributed by atoms with van der Waals surface area (Å²) < 4.78 is 0. The highest BCUT2D eigenvalue weighted by atomic mass is 35.5. The van der Waals surface area contributed by atoms with Crippen molar-refractivity contribution in [3.05, 3.63) is 64.2 Å². The molecular weight excluding hydrogens is 322 g/mol. The first kappa shape index (κ1) is 16.5. The number of amides is 1. The molecule has 1 heterocycles. The molecule has 2 N–H and O–H groups in total. The first-order chi connectivity index (χ1) is 11.6. The minimum atomic E-state index is -0.159. The van der Waals surface area contributed by atoms with E-state index < -0.39 is 0 Å². The Morgan fingerprint density at radius 2 is 2.04 bits per heavy atom. The number of carbonyl (C=O) groups excluding carboxylic acids is 1. The summed E-state index contributed by atoms with van der Waals surface area (Å²) in [5.41, 5.74) is 3.72. The minimum absolute atomic E-state index is 0.0369. The Labute approximate surface area is 146 Å². The molecule has 0 aliphatic carbocycles. The maximum atomic E-state index is 12.5. The molecule has 0 saturated carbocycles. The summed E-state index contributed by atoms with van der Waals surface area (Å²) >= 11 is 6.02. The fourth-order valence-corrected chi connectivity index (χ4v) is 3.31. The van der Waals surface area contributed by atoms with Gasteiger partial charge in [-0.05, 0) is 30.7 Å². The van der Waals surface area contributed by atoms with Gasteiger partial charge in [-0.3, -0.25) is 4.79 Å². The number of rotatable bonds is 3. The second-order valence-electron chi connectivity index (χ2n) is 6.12. The summed E-state index contributed by atoms with van der Waals surface area (Å²) in [6.07, 6.45) is 0.992. The van der Waals surface area contributed by atoms with E-state index in [2.05, 4.69) is 23.5 Å². The lowest BCUT2D eigenvalue weighted by Crippen LogP contribution is -3.16. The van der Waals surface area contributed by atoms with Gasteiger partial charge in [0.1, 0.15) is 12.6 Å². The molecule has 0 fully saturated rings. The largest absolute Gasteiger partial charge is 0.321 e. The van der Waals surface area contributed by atoms with E-state index in [1.807, 2.05) is 19.1 Å². The molecule has 0 aromatic heterocycles. The van der Waals surface area contributed by atoms with Crippen molar-refractivity contribution in [2.75, 3.05) is 11.9 Å². The molecule has 3 rings (SSSR count). The Hall–Kier alpha value is -2.35. The van der Waals surface area contributed by atoms with Crippen LogP contribution in [0.15, 0.2) is 42.5 Å². The van der Waals surface area contributed by atoms with E-state index in [4.69, 9.17) is 16.9 Å². The van der Waals surface area contributed by atoms with E-state index in [0.717, 1.165) is 19.5 Å². The summed E-state index contributed by atoms with van der Waals surface area (Å²) in [5, 5.41) is 12.2. The predicted molar refractivity (Wildman–Crippen MR) is 93.9 cm³/mol. The standard InChI is InChI=1S/C19H18ClN3O/c1-13(23-9-8-14-4-2-3-5-16(14)12-23)19(24)22-17-7-6-15(11-21)18(20)10-17/h2-7,10,13H,8-9,12H2,1H3,(H,22,24)/p+1/t13-/m1/s1. The highest BCUT2D eigenvalue weighted by molar-refractivity contribution is 6.32. The molecule has 122 valence electrons. The van der Waals surface area contributed by atoms with Crippen molar-refractivity contribution in [1.29, 1.82) is 5.26 Å². The Morgan fingerprint density at radius 1 is 1.29 bits per heavy atom. The molecule has 0 bridgehead atoms. The Bertz CT molecular complexity index is 812. The maximum Gasteiger partial charge on any atom is 0.282 e. The zero-order chi connectivity index (χ0) is 17.1. The van der Waals surface area contributed by atoms with Crippen molar-refractivity contribution >= 4 is 23.2 Å². The molecule has 0 radical (unpaired) electrons. The third-order valence-corrected chi connectivity index (χ3v) is 4.93. The van der Waals surface area contributed by atoms with Crippen molar-refractivity contribution < 1.29 is 9.69 Å². The lowest BCUT2D eigenvalue weighted by Gasteiger charge is -2.30. The fourth-order valence-electron chi connectivity index (χ4n) is 3.09. The van der Waals surface area contributed by atoms with Crippen LogP contribution in [0, 0.1) is 11.3 Å². The SMILES string of the molecule is C[C@H](C(=O)Nc1ccc(C#N)c(Cl)c1)[NH+]1CCc2ccccc2C1. The number of nitrogens with zero attached hydrogens (tertiary/aromatic N) is 1. The molecule has 1 aliphatic rings. The van der Waals surface area contributed by atoms with E-state index in [0.29, 0.717) is 16.3 Å². The average Bonchev–Trinajstić information content (AvgIpc) is 2.60. The second-order valence-corrected chi connectivity index (χ2v) is 6.53. The van der Waals surface area contributed by atoms with Gasteiger partial charge >= 0.3 is 0 Å². The fraction of sp³-hybridized carbons (Fsp3) is 0.263. The van der Waals surface area contributed by atoms with Crippen LogP contribution in [0.2, 0.25) is 5.02 Å². The van der Waals surface area contributed by atoms with Gasteiger partial charge in [-0.1, -0.05) is 35.9 Å². The topological polar surface area (TPSA) is 57.3 Å². The van der Waals surface area contributed by atoms with Crippen molar-refractivity contribution in [3.8, 4) is 6.07 Å². The molecule has 0 saturated heterocycles. The van der Waals surface area contributed by atoms with Gasteiger partial charge in [0.25, 0.3) is 5.91 Å². The lowest BCUT2D eigenvalue weighted by atomic mass is 9.99. The van der Waals surface area contributed by atoms with E-state index in [1.54, 1.807) is 18.2 Å². The maximum absolute atomic E-state index is 12.5. The van der Waals surface area contributed by atoms with Crippen LogP contribution in [-0.2, 0) is 17.8 Å². The molecule has 1 amide bonds. The Morgan fingerprint density at radius 3 is 2.75 bits per heavy atom. The van der Waals surface area contributed by atoms with Gasteiger partial charge in [-0.2, -0.15) is 5.26 Å². The molecule has 1 unspecified atom stereocenters. The first-order valence-electron chi connectivity index (χ1n) is 8.00. The molecule has 0 spiro atoms. The number of carbonyl (C=O) groups is 1. The van der Waals surface area contributed by atoms with Gasteiger partial charge in [0.05, 0.1) is 17.1 Å². The molecule has 2 aromatic rings. The van der Waals surface area contributed by atoms with Gasteiger partial charge < -0.3 is 10.2 Å². The predicted octanol–water partition coefficient (Wildman–Crippen LogP) is 2.18. The number of hydrogen-bond acceptors (Lipinski definition) is 2. The first-order valence-corrected chi connectivity index (χ1v) is 8.38. The van der Waals surface area contributed by atoms with Crippen LogP contribution in [0.3, 0.4) is 0 Å². The molecule has 5 heteroatoms. The van der Waals surface area contributed by atoms with Crippen molar-refractivity contribution in [2.24, 2.45) is 0 Å². The molecular formula is C19H19ClN3O+. The van der Waals surface area contributed by atoms with Crippen LogP contribution in [0.1, 0.15) is 23.6 Å². The van der Waals surface area contributed by atoms with Crippen molar-refractivity contribution in [3.63, 3.8) is 0 Å². The highest BCUT2D eigenvalue weighted by Crippen LogP contribution is 2.20. The highest BCUT2D eigenvalue weighted by Gasteiger charge is 2.28. The summed E-state index contributed by atoms with van der Waals surface area (Å²) in [4.78, 5) is 13.8. The second kappa shape index (κ2) is 7.04. The minimum Gasteiger partial charge on any atom is -0.321 e. The number of nitriles is 1. The molecule has 2 aromatic carbocycles. The van der Waals surface area contributed by atoms with E-state index in [1.165, 1.54) is 16.0 Å². The van der Waals surface area contributed by atoms with Crippen LogP contribution in [0.5, 0.6) is 0 Å². The number of halogens is 1. The number of hydrogen-bond donors (Lipinski definition) is 2. The van der Waals surface area contributed by atoms with Gasteiger partial charge in [0.15, 0.2) is 6.04 Å². The number of benzene rings is 2. The van der Waals surface area contributed by atoms with E-state index in [-0.39, 0.29) is 11.9 Å². The Balaban J connectivity index is 1.67. The number of nitrogens with one attached hydrogen (secondary N) is 2. The molecule has 24 heavy (non-hydrogen) atoms. The molecule has 2 atom stereocenters. The van der Waals surface area contributed by atoms with Crippen LogP contribution in [0.4, 0.5) is 5.69 Å². The van der Waals surface area contributed by atoms with Gasteiger partial charge in [0.2, 0.25) is 0 Å². The van der Waals surface area contributed by atoms with Crippen molar-refractivity contribution in [2.45, 2.75) is 25.9 Å². The lowest BCUT2D eigenvalue weighted by molar-refractivity contribution is -0.929. The van der Waals surface area contributed by atoms with E-state index >= 15 is 0 Å². The number of quaternary nitrogens is 1. The molecule has 4 nitrogen and oxygen atoms in total. The smallest absolute Gasteiger partial charge is 0.282 e. The quantitative estimate of drug-likeness (QED) is 0.899. The number of anilines is 1. The van der Waals surface area contributed by atoms with E-state index in [9.17, 15) is 4.79 Å². The van der Waals surface area contributed by atoms with Crippen LogP contribution in [-0.4, -0.2) is 18.5 Å². The van der Waals surface area contributed by atoms with Gasteiger partial charge in [-0.15, -0.1) is 0 Å². The summed E-state index contributed by atoms with van der Waals surface area (Å²) in [7, 11) is 0. The molecule has 1 aliphatic heterocycles. The summed E-state index contributed by atoms with van der Waals surface area (Å²) in [6, 6.07) is 15.2. The zero-order valence-electron chi connectivity index (χ0n) is 13.5. The Kier molecular flexibility index (Phi) is 4.84. The van der Waals surface area contributed by atoms with Crippen LogP contribution in [0.25, 0.3) is 0 Å².